The van der Waals surface area contributed by atoms with Crippen LogP contribution in [0.3, 0.4) is 0 Å². The zero-order chi connectivity index (χ0) is 19.1. The van der Waals surface area contributed by atoms with Crippen LogP contribution in [0.25, 0.3) is 0 Å². The van der Waals surface area contributed by atoms with Gasteiger partial charge in [0.2, 0.25) is 11.8 Å². The molecule has 0 spiro atoms. The number of rotatable bonds is 8. The van der Waals surface area contributed by atoms with Crippen LogP contribution in [-0.2, 0) is 14.4 Å². The number of hydrogen-bond donors (Lipinski definition) is 6. The van der Waals surface area contributed by atoms with E-state index in [9.17, 15) is 19.5 Å². The first-order valence-corrected chi connectivity index (χ1v) is 9.74. The molecule has 0 bridgehead atoms. The highest BCUT2D eigenvalue weighted by Gasteiger charge is 2.41. The maximum atomic E-state index is 13.0. The smallest absolute Gasteiger partial charge is 0.272 e. The molecule has 2 aliphatic rings. The summed E-state index contributed by atoms with van der Waals surface area (Å²) in [5.41, 5.74) is 4.29. The number of likely N-dealkylation sites (tertiary alicyclic amines) is 1. The topological polar surface area (TPSA) is 143 Å². The van der Waals surface area contributed by atoms with Crippen LogP contribution in [0.4, 0.5) is 0 Å². The number of aliphatic hydroxyl groups is 1. The van der Waals surface area contributed by atoms with Gasteiger partial charge in [-0.1, -0.05) is 19.8 Å². The highest BCUT2D eigenvalue weighted by molar-refractivity contribution is 7.98. The van der Waals surface area contributed by atoms with Gasteiger partial charge in [0.15, 0.2) is 0 Å². The third-order valence-electron chi connectivity index (χ3n) is 4.65. The number of aliphatic hydroxyl groups excluding tert-OH is 1. The van der Waals surface area contributed by atoms with Crippen molar-refractivity contribution in [1.29, 1.82) is 0 Å². The summed E-state index contributed by atoms with van der Waals surface area (Å²) in [6.45, 7) is 2.92. The van der Waals surface area contributed by atoms with Gasteiger partial charge < -0.3 is 15.3 Å². The van der Waals surface area contributed by atoms with Crippen molar-refractivity contribution in [3.63, 3.8) is 0 Å². The van der Waals surface area contributed by atoms with E-state index in [1.54, 1.807) is 0 Å². The summed E-state index contributed by atoms with van der Waals surface area (Å²) in [5.74, 6) is -2.67. The average Bonchev–Trinajstić information content (AvgIpc) is 3.32. The molecule has 11 heteroatoms. The molecule has 4 atom stereocenters. The van der Waals surface area contributed by atoms with E-state index in [1.807, 2.05) is 6.92 Å². The molecule has 148 valence electrons. The van der Waals surface area contributed by atoms with Crippen molar-refractivity contribution >= 4 is 29.7 Å². The summed E-state index contributed by atoms with van der Waals surface area (Å²) < 4.78 is 0. The Morgan fingerprint density at radius 1 is 1.38 bits per heavy atom. The fourth-order valence-electron chi connectivity index (χ4n) is 3.23. The van der Waals surface area contributed by atoms with E-state index in [0.29, 0.717) is 38.8 Å². The van der Waals surface area contributed by atoms with E-state index in [0.717, 1.165) is 6.42 Å². The molecule has 0 radical (unpaired) electrons. The van der Waals surface area contributed by atoms with Crippen molar-refractivity contribution in [1.82, 2.24) is 26.0 Å². The zero-order valence-corrected chi connectivity index (χ0v) is 15.6. The predicted molar refractivity (Wildman–Crippen MR) is 94.3 cm³/mol. The maximum absolute atomic E-state index is 13.0. The monoisotopic (exact) mass is 389 g/mol. The number of amides is 3. The lowest BCUT2D eigenvalue weighted by Crippen LogP contribution is -2.53. The summed E-state index contributed by atoms with van der Waals surface area (Å²) in [7, 11) is 0. The lowest BCUT2D eigenvalue weighted by atomic mass is 9.93. The highest BCUT2D eigenvalue weighted by atomic mass is 32.2. The van der Waals surface area contributed by atoms with E-state index in [4.69, 9.17) is 5.21 Å². The summed E-state index contributed by atoms with van der Waals surface area (Å²) in [4.78, 5) is 41.4. The molecule has 2 rings (SSSR count). The number of nitrogens with one attached hydrogen (secondary N) is 4. The molecule has 3 unspecified atom stereocenters. The van der Waals surface area contributed by atoms with Crippen LogP contribution in [0.2, 0.25) is 0 Å². The largest absolute Gasteiger partial charge is 0.382 e. The average molecular weight is 389 g/mol. The number of hydrogen-bond acceptors (Lipinski definition) is 8. The maximum Gasteiger partial charge on any atom is 0.272 e. The first-order chi connectivity index (χ1) is 12.5. The minimum Gasteiger partial charge on any atom is -0.382 e. The third-order valence-corrected chi connectivity index (χ3v) is 5.48. The van der Waals surface area contributed by atoms with Crippen LogP contribution in [0, 0.1) is 5.92 Å². The van der Waals surface area contributed by atoms with Gasteiger partial charge in [0.25, 0.3) is 5.91 Å². The van der Waals surface area contributed by atoms with E-state index < -0.39 is 29.9 Å². The highest BCUT2D eigenvalue weighted by Crippen LogP contribution is 2.25. The molecule has 26 heavy (non-hydrogen) atoms. The number of hydrazine groups is 1. The van der Waals surface area contributed by atoms with Crippen molar-refractivity contribution in [2.75, 3.05) is 13.1 Å². The van der Waals surface area contributed by atoms with Crippen molar-refractivity contribution in [2.45, 2.75) is 56.5 Å². The second kappa shape index (κ2) is 10.1. The van der Waals surface area contributed by atoms with Crippen molar-refractivity contribution in [3.8, 4) is 0 Å². The van der Waals surface area contributed by atoms with Gasteiger partial charge in [0.05, 0.1) is 5.92 Å². The third kappa shape index (κ3) is 5.07. The van der Waals surface area contributed by atoms with Crippen LogP contribution in [0.5, 0.6) is 0 Å². The minimum atomic E-state index is -1.65. The Labute approximate surface area is 156 Å². The van der Waals surface area contributed by atoms with Crippen LogP contribution in [-0.4, -0.2) is 63.5 Å². The first-order valence-electron chi connectivity index (χ1n) is 8.86. The molecule has 0 saturated carbocycles. The molecule has 0 aromatic rings. The first kappa shape index (κ1) is 20.9. The second-order valence-electron chi connectivity index (χ2n) is 6.46. The fraction of sp³-hybridized carbons (Fsp3) is 0.800. The standard InChI is InChI=1S/C15H27N5O5S/c1-2-3-5-9(12(21)14(23)18-25)15(24)20-7-4-6-10(20)13(22)17-11-8-16-19-26-11/h9-12,16,19,21,25H,2-8H2,1H3,(H,17,22)(H,18,23)/t9?,10?,11-,12?/m0/s1. The molecule has 2 heterocycles. The Morgan fingerprint density at radius 3 is 2.77 bits per heavy atom. The summed E-state index contributed by atoms with van der Waals surface area (Å²) >= 11 is 1.35. The van der Waals surface area contributed by atoms with Gasteiger partial charge in [-0.2, -0.15) is 4.83 Å². The Bertz CT molecular complexity index is 517. The number of hydroxylamine groups is 1. The number of carbonyl (C=O) groups excluding carboxylic acids is 3. The van der Waals surface area contributed by atoms with E-state index >= 15 is 0 Å². The van der Waals surface area contributed by atoms with Gasteiger partial charge in [-0.05, 0) is 31.2 Å². The normalized spacial score (nSPS) is 25.0. The Morgan fingerprint density at radius 2 is 2.15 bits per heavy atom. The fourth-order valence-corrected chi connectivity index (χ4v) is 3.88. The molecule has 0 aliphatic carbocycles. The molecular weight excluding hydrogens is 362 g/mol. The zero-order valence-electron chi connectivity index (χ0n) is 14.7. The summed E-state index contributed by atoms with van der Waals surface area (Å²) in [5, 5.41) is 21.7. The van der Waals surface area contributed by atoms with E-state index in [2.05, 4.69) is 15.6 Å². The lowest BCUT2D eigenvalue weighted by molar-refractivity contribution is -0.152. The van der Waals surface area contributed by atoms with E-state index in [-0.39, 0.29) is 11.3 Å². The molecule has 10 nitrogen and oxygen atoms in total. The van der Waals surface area contributed by atoms with Gasteiger partial charge in [-0.25, -0.2) is 10.9 Å². The summed E-state index contributed by atoms with van der Waals surface area (Å²) in [6, 6.07) is -0.614. The molecule has 2 saturated heterocycles. The molecule has 0 aromatic heterocycles. The van der Waals surface area contributed by atoms with Crippen LogP contribution in [0.1, 0.15) is 39.0 Å². The predicted octanol–water partition coefficient (Wildman–Crippen LogP) is -1.15. The van der Waals surface area contributed by atoms with Gasteiger partial charge in [-0.15, -0.1) is 0 Å². The molecule has 2 fully saturated rings. The summed E-state index contributed by atoms with van der Waals surface area (Å²) in [6.07, 6.45) is 1.32. The molecule has 3 amide bonds. The Balaban J connectivity index is 2.06. The van der Waals surface area contributed by atoms with Gasteiger partial charge in [-0.3, -0.25) is 19.6 Å². The molecule has 0 aromatic carbocycles. The van der Waals surface area contributed by atoms with Crippen LogP contribution < -0.4 is 21.1 Å². The lowest BCUT2D eigenvalue weighted by Gasteiger charge is -2.30. The van der Waals surface area contributed by atoms with Gasteiger partial charge >= 0.3 is 0 Å². The van der Waals surface area contributed by atoms with E-state index in [1.165, 1.54) is 22.3 Å². The van der Waals surface area contributed by atoms with Gasteiger partial charge in [0.1, 0.15) is 17.5 Å². The Kier molecular flexibility index (Phi) is 8.10. The number of unbranched alkanes of at least 4 members (excludes halogenated alkanes) is 1. The van der Waals surface area contributed by atoms with Gasteiger partial charge in [0, 0.05) is 13.1 Å². The Hall–Kier alpha value is -1.40. The number of carbonyl (C=O) groups is 3. The second-order valence-corrected chi connectivity index (χ2v) is 7.47. The number of nitrogens with zero attached hydrogens (tertiary/aromatic N) is 1. The van der Waals surface area contributed by atoms with Crippen LogP contribution in [0.15, 0.2) is 0 Å². The quantitative estimate of drug-likeness (QED) is 0.174. The van der Waals surface area contributed by atoms with Crippen molar-refractivity contribution in [2.24, 2.45) is 5.92 Å². The minimum absolute atomic E-state index is 0.123. The molecular formula is C15H27N5O5S. The SMILES string of the molecule is CCCCC(C(=O)N1CCCC1C(=O)N[C@@H]1CNNS1)C(O)C(=O)NO. The molecule has 6 N–H and O–H groups in total. The molecule has 2 aliphatic heterocycles. The van der Waals surface area contributed by atoms with Crippen molar-refractivity contribution in [3.05, 3.63) is 0 Å². The van der Waals surface area contributed by atoms with Crippen molar-refractivity contribution < 1.29 is 24.7 Å². The van der Waals surface area contributed by atoms with Crippen LogP contribution >= 0.6 is 11.9 Å².